The first kappa shape index (κ1) is 7.92. The van der Waals surface area contributed by atoms with Crippen molar-refractivity contribution in [2.75, 3.05) is 0 Å². The Bertz CT molecular complexity index is 112. The van der Waals surface area contributed by atoms with Gasteiger partial charge < -0.3 is 15.4 Å². The van der Waals surface area contributed by atoms with Crippen LogP contribution in [0.4, 0.5) is 0 Å². The smallest absolute Gasteiger partial charge is 0.311 e. The minimum absolute atomic E-state index is 0.362. The molecule has 0 aliphatic carbocycles. The standard InChI is InChI=1S/C4H12B3N3/c1-2-3-4-7-9-5-8-6-10-7/h3-6,8-10H,2H2,1H3. The van der Waals surface area contributed by atoms with E-state index in [-0.39, 0.29) is 0 Å². The highest BCUT2D eigenvalue weighted by Crippen LogP contribution is 1.81. The summed E-state index contributed by atoms with van der Waals surface area (Å²) in [7, 11) is 1.79. The topological polar surface area (TPSA) is 36.1 Å². The van der Waals surface area contributed by atoms with E-state index in [2.05, 4.69) is 34.4 Å². The van der Waals surface area contributed by atoms with Crippen LogP contribution in [0.2, 0.25) is 0 Å². The van der Waals surface area contributed by atoms with Crippen molar-refractivity contribution in [3.8, 4) is 0 Å². The largest absolute Gasteiger partial charge is 0.378 e. The minimum Gasteiger partial charge on any atom is -0.378 e. The van der Waals surface area contributed by atoms with Crippen molar-refractivity contribution in [3.05, 3.63) is 12.1 Å². The van der Waals surface area contributed by atoms with Crippen molar-refractivity contribution in [1.82, 2.24) is 15.4 Å². The van der Waals surface area contributed by atoms with Crippen LogP contribution < -0.4 is 15.4 Å². The van der Waals surface area contributed by atoms with Crippen molar-refractivity contribution in [2.45, 2.75) is 13.3 Å². The average molecular weight is 135 g/mol. The lowest BCUT2D eigenvalue weighted by Crippen LogP contribution is -2.62. The fourth-order valence-electron chi connectivity index (χ4n) is 0.907. The Labute approximate surface area is 63.7 Å². The van der Waals surface area contributed by atoms with Gasteiger partial charge in [-0.3, -0.25) is 0 Å². The molecule has 0 saturated carbocycles. The molecule has 0 aromatic heterocycles. The number of rotatable bonds is 2. The first-order valence-electron chi connectivity index (χ1n) is 3.77. The lowest BCUT2D eigenvalue weighted by atomic mass is 9.65. The summed E-state index contributed by atoms with van der Waals surface area (Å²) < 4.78 is 0. The summed E-state index contributed by atoms with van der Waals surface area (Å²) in [6, 6.07) is 0. The van der Waals surface area contributed by atoms with Gasteiger partial charge in [0.2, 0.25) is 0 Å². The van der Waals surface area contributed by atoms with Gasteiger partial charge in [-0.05, 0) is 6.42 Å². The summed E-state index contributed by atoms with van der Waals surface area (Å²) in [6.07, 6.45) is 3.27. The van der Waals surface area contributed by atoms with E-state index in [1.165, 1.54) is 0 Å². The third kappa shape index (κ3) is 2.60. The molecule has 6 heteroatoms. The highest BCUT2D eigenvalue weighted by Gasteiger charge is 2.13. The molecule has 52 valence electrons. The maximum atomic E-state index is 3.24. The van der Waals surface area contributed by atoms with Crippen LogP contribution >= 0.6 is 0 Å². The quantitative estimate of drug-likeness (QED) is 0.394. The van der Waals surface area contributed by atoms with Gasteiger partial charge in [-0.1, -0.05) is 19.0 Å². The molecule has 3 N–H and O–H groups in total. The molecule has 0 amide bonds. The number of hydrogen-bond donors (Lipinski definition) is 3. The monoisotopic (exact) mass is 135 g/mol. The van der Waals surface area contributed by atoms with Crippen LogP contribution in [0.5, 0.6) is 0 Å². The molecule has 1 rings (SSSR count). The zero-order valence-electron chi connectivity index (χ0n) is 6.35. The average Bonchev–Trinajstić information content (AvgIpc) is 2.03. The summed E-state index contributed by atoms with van der Waals surface area (Å²) in [5.41, 5.74) is 0. The maximum Gasteiger partial charge on any atom is 0.311 e. The third-order valence-electron chi connectivity index (χ3n) is 1.46. The predicted octanol–water partition coefficient (Wildman–Crippen LogP) is -1.70. The summed E-state index contributed by atoms with van der Waals surface area (Å²) in [6.45, 7) is 2.50. The van der Waals surface area contributed by atoms with E-state index in [4.69, 9.17) is 0 Å². The van der Waals surface area contributed by atoms with Crippen molar-refractivity contribution in [3.63, 3.8) is 0 Å². The molecule has 0 radical (unpaired) electrons. The van der Waals surface area contributed by atoms with Gasteiger partial charge >= 0.3 is 6.98 Å². The Hall–Kier alpha value is -0.185. The van der Waals surface area contributed by atoms with Gasteiger partial charge in [0.1, 0.15) is 0 Å². The van der Waals surface area contributed by atoms with Crippen LogP contribution in [0.3, 0.4) is 0 Å². The number of nitrogens with one attached hydrogen (secondary N) is 3. The number of hydrogen-bond acceptors (Lipinski definition) is 3. The van der Waals surface area contributed by atoms with Gasteiger partial charge in [0, 0.05) is 0 Å². The Morgan fingerprint density at radius 3 is 2.70 bits per heavy atom. The Balaban J connectivity index is 2.19. The van der Waals surface area contributed by atoms with E-state index >= 15 is 0 Å². The SMILES string of the molecule is CCC=CB1NBNBN1. The number of allylic oxidation sites excluding steroid dienone is 1. The van der Waals surface area contributed by atoms with Crippen LogP contribution in [-0.2, 0) is 0 Å². The first-order chi connectivity index (χ1) is 4.93. The summed E-state index contributed by atoms with van der Waals surface area (Å²) in [5.74, 6) is 2.15. The van der Waals surface area contributed by atoms with E-state index in [1.807, 2.05) is 0 Å². The summed E-state index contributed by atoms with van der Waals surface area (Å²) >= 11 is 0. The second-order valence-corrected chi connectivity index (χ2v) is 2.33. The van der Waals surface area contributed by atoms with Gasteiger partial charge in [-0.25, -0.2) is 0 Å². The van der Waals surface area contributed by atoms with E-state index in [0.29, 0.717) is 6.98 Å². The Morgan fingerprint density at radius 1 is 1.40 bits per heavy atom. The molecule has 0 aromatic rings. The van der Waals surface area contributed by atoms with Crippen LogP contribution in [0, 0.1) is 0 Å². The summed E-state index contributed by atoms with van der Waals surface area (Å²) in [4.78, 5) is 0. The van der Waals surface area contributed by atoms with E-state index < -0.39 is 0 Å². The van der Waals surface area contributed by atoms with Crippen LogP contribution in [0.15, 0.2) is 12.1 Å². The molecule has 0 spiro atoms. The highest BCUT2D eigenvalue weighted by atomic mass is 15.0. The zero-order valence-corrected chi connectivity index (χ0v) is 6.35. The molecule has 1 heterocycles. The predicted molar refractivity (Wildman–Crippen MR) is 48.9 cm³/mol. The Morgan fingerprint density at radius 2 is 2.10 bits per heavy atom. The molecule has 1 aliphatic rings. The van der Waals surface area contributed by atoms with Crippen molar-refractivity contribution in [1.29, 1.82) is 0 Å². The van der Waals surface area contributed by atoms with Crippen LogP contribution in [0.1, 0.15) is 13.3 Å². The van der Waals surface area contributed by atoms with Crippen molar-refractivity contribution >= 4 is 22.1 Å². The van der Waals surface area contributed by atoms with Gasteiger partial charge in [0.25, 0.3) is 15.1 Å². The van der Waals surface area contributed by atoms with Crippen molar-refractivity contribution < 1.29 is 0 Å². The fraction of sp³-hybridized carbons (Fsp3) is 0.500. The van der Waals surface area contributed by atoms with Gasteiger partial charge in [0.05, 0.1) is 0 Å². The zero-order chi connectivity index (χ0) is 7.23. The fourth-order valence-corrected chi connectivity index (χ4v) is 0.907. The lowest BCUT2D eigenvalue weighted by Gasteiger charge is -2.17. The van der Waals surface area contributed by atoms with Crippen LogP contribution in [-0.4, -0.2) is 22.1 Å². The maximum absolute atomic E-state index is 3.24. The van der Waals surface area contributed by atoms with E-state index in [1.54, 1.807) is 0 Å². The van der Waals surface area contributed by atoms with Crippen molar-refractivity contribution in [2.24, 2.45) is 0 Å². The molecule has 10 heavy (non-hydrogen) atoms. The van der Waals surface area contributed by atoms with Gasteiger partial charge in [-0.2, -0.15) is 0 Å². The molecule has 1 saturated heterocycles. The van der Waals surface area contributed by atoms with Gasteiger partial charge in [0.15, 0.2) is 0 Å². The molecule has 3 nitrogen and oxygen atoms in total. The molecule has 0 aromatic carbocycles. The third-order valence-corrected chi connectivity index (χ3v) is 1.46. The molecular weight excluding hydrogens is 123 g/mol. The Kier molecular flexibility index (Phi) is 3.64. The molecule has 0 atom stereocenters. The van der Waals surface area contributed by atoms with E-state index in [0.717, 1.165) is 21.5 Å². The second kappa shape index (κ2) is 4.60. The second-order valence-electron chi connectivity index (χ2n) is 2.33. The normalized spacial score (nSPS) is 18.7. The summed E-state index contributed by atoms with van der Waals surface area (Å²) in [5, 5.41) is 9.62. The molecule has 1 fully saturated rings. The first-order valence-corrected chi connectivity index (χ1v) is 3.77. The highest BCUT2D eigenvalue weighted by molar-refractivity contribution is 6.77. The van der Waals surface area contributed by atoms with E-state index in [9.17, 15) is 0 Å². The molecule has 0 bridgehead atoms. The van der Waals surface area contributed by atoms with Gasteiger partial charge in [-0.15, -0.1) is 0 Å². The lowest BCUT2D eigenvalue weighted by molar-refractivity contribution is 1.21. The van der Waals surface area contributed by atoms with Crippen LogP contribution in [0.25, 0.3) is 0 Å². The molecule has 1 aliphatic heterocycles. The molecular formula is C4H12B3N3. The minimum atomic E-state index is 0.362. The molecule has 0 unspecified atom stereocenters.